The summed E-state index contributed by atoms with van der Waals surface area (Å²) in [7, 11) is 0. The molecule has 0 bridgehead atoms. The maximum Gasteiger partial charge on any atom is 0.416 e. The first kappa shape index (κ1) is 25.4. The van der Waals surface area contributed by atoms with Gasteiger partial charge in [0.05, 0.1) is 34.0 Å². The highest BCUT2D eigenvalue weighted by Crippen LogP contribution is 2.36. The zero-order chi connectivity index (χ0) is 26.3. The van der Waals surface area contributed by atoms with Crippen molar-refractivity contribution in [1.29, 1.82) is 0 Å². The average Bonchev–Trinajstić information content (AvgIpc) is 3.17. The van der Waals surface area contributed by atoms with Crippen LogP contribution in [0.4, 0.5) is 26.3 Å². The molecule has 0 spiro atoms. The molecule has 2 heterocycles. The van der Waals surface area contributed by atoms with E-state index in [1.807, 2.05) is 0 Å². The van der Waals surface area contributed by atoms with Gasteiger partial charge in [-0.05, 0) is 55.0 Å². The normalized spacial score (nSPS) is 12.1. The Morgan fingerprint density at radius 3 is 2.11 bits per heavy atom. The number of pyridine rings is 1. The van der Waals surface area contributed by atoms with Gasteiger partial charge in [0.25, 0.3) is 0 Å². The zero-order valence-electron chi connectivity index (χ0n) is 18.3. The molecule has 0 saturated heterocycles. The van der Waals surface area contributed by atoms with Crippen molar-refractivity contribution in [3.63, 3.8) is 0 Å². The highest BCUT2D eigenvalue weighted by atomic mass is 35.5. The molecule has 0 radical (unpaired) electrons. The van der Waals surface area contributed by atoms with Crippen LogP contribution in [-0.2, 0) is 18.9 Å². The first-order chi connectivity index (χ1) is 16.9. The summed E-state index contributed by atoms with van der Waals surface area (Å²) < 4.78 is 80.4. The van der Waals surface area contributed by atoms with Gasteiger partial charge in [-0.1, -0.05) is 28.9 Å². The molecular weight excluding hydrogens is 510 g/mol. The van der Waals surface area contributed by atoms with Gasteiger partial charge >= 0.3 is 12.4 Å². The summed E-state index contributed by atoms with van der Waals surface area (Å²) in [5.74, 6) is -0.439. The number of halogens is 7. The number of benzene rings is 2. The molecule has 36 heavy (non-hydrogen) atoms. The number of hydrogen-bond donors (Lipinski definition) is 0. The SMILES string of the molecule is Cc1c(-c2ncccc2C(=O)c2ccccc2Cl)nnn1Cc1cc(C(F)(F)F)cc(C(F)(F)F)c1. The second-order valence-corrected chi connectivity index (χ2v) is 8.21. The van der Waals surface area contributed by atoms with E-state index in [-0.39, 0.29) is 44.9 Å². The van der Waals surface area contributed by atoms with E-state index in [4.69, 9.17) is 11.6 Å². The predicted octanol–water partition coefficient (Wildman–Crippen LogP) is 6.62. The van der Waals surface area contributed by atoms with Crippen molar-refractivity contribution in [1.82, 2.24) is 20.0 Å². The molecule has 0 saturated carbocycles. The second-order valence-electron chi connectivity index (χ2n) is 7.80. The molecule has 0 fully saturated rings. The molecule has 4 rings (SSSR count). The highest BCUT2D eigenvalue weighted by molar-refractivity contribution is 6.35. The Bertz CT molecular complexity index is 1410. The Balaban J connectivity index is 1.74. The molecule has 4 aromatic rings. The van der Waals surface area contributed by atoms with Gasteiger partial charge in [-0.2, -0.15) is 26.3 Å². The van der Waals surface area contributed by atoms with Crippen LogP contribution in [0.5, 0.6) is 0 Å². The van der Waals surface area contributed by atoms with E-state index in [0.717, 1.165) is 4.68 Å². The molecule has 0 N–H and O–H groups in total. The van der Waals surface area contributed by atoms with Crippen LogP contribution in [0.3, 0.4) is 0 Å². The molecule has 2 aromatic carbocycles. The lowest BCUT2D eigenvalue weighted by molar-refractivity contribution is -0.143. The van der Waals surface area contributed by atoms with Gasteiger partial charge in [0.1, 0.15) is 11.4 Å². The molecule has 0 aliphatic carbocycles. The summed E-state index contributed by atoms with van der Waals surface area (Å²) in [5, 5.41) is 8.12. The molecule has 12 heteroatoms. The number of hydrogen-bond acceptors (Lipinski definition) is 4. The van der Waals surface area contributed by atoms with Gasteiger partial charge < -0.3 is 0 Å². The van der Waals surface area contributed by atoms with Crippen LogP contribution >= 0.6 is 11.6 Å². The monoisotopic (exact) mass is 524 g/mol. The molecule has 0 amide bonds. The number of carbonyl (C=O) groups excluding carboxylic acids is 1. The van der Waals surface area contributed by atoms with E-state index in [1.54, 1.807) is 18.2 Å². The number of carbonyl (C=O) groups is 1. The Kier molecular flexibility index (Phi) is 6.61. The van der Waals surface area contributed by atoms with Crippen molar-refractivity contribution in [2.24, 2.45) is 0 Å². The van der Waals surface area contributed by atoms with Gasteiger partial charge in [-0.15, -0.1) is 5.10 Å². The van der Waals surface area contributed by atoms with E-state index in [9.17, 15) is 31.1 Å². The zero-order valence-corrected chi connectivity index (χ0v) is 19.1. The van der Waals surface area contributed by atoms with Crippen LogP contribution in [-0.4, -0.2) is 25.8 Å². The minimum Gasteiger partial charge on any atom is -0.288 e. The van der Waals surface area contributed by atoms with Gasteiger partial charge in [-0.25, -0.2) is 4.68 Å². The predicted molar refractivity (Wildman–Crippen MR) is 118 cm³/mol. The van der Waals surface area contributed by atoms with Crippen LogP contribution in [0.15, 0.2) is 60.8 Å². The van der Waals surface area contributed by atoms with Gasteiger partial charge in [0, 0.05) is 11.8 Å². The Morgan fingerprint density at radius 2 is 1.50 bits per heavy atom. The maximum absolute atomic E-state index is 13.2. The number of nitrogens with zero attached hydrogens (tertiary/aromatic N) is 4. The molecule has 5 nitrogen and oxygen atoms in total. The van der Waals surface area contributed by atoms with Crippen LogP contribution in [0.25, 0.3) is 11.4 Å². The lowest BCUT2D eigenvalue weighted by Crippen LogP contribution is -2.13. The number of ketones is 1. The molecule has 0 aliphatic rings. The number of aromatic nitrogens is 4. The van der Waals surface area contributed by atoms with E-state index in [2.05, 4.69) is 15.3 Å². The van der Waals surface area contributed by atoms with E-state index in [1.165, 1.54) is 31.3 Å². The van der Waals surface area contributed by atoms with Crippen molar-refractivity contribution >= 4 is 17.4 Å². The first-order valence-electron chi connectivity index (χ1n) is 10.3. The molecule has 186 valence electrons. The summed E-state index contributed by atoms with van der Waals surface area (Å²) in [4.78, 5) is 17.4. The maximum atomic E-state index is 13.2. The van der Waals surface area contributed by atoms with E-state index < -0.39 is 35.8 Å². The standard InChI is InChI=1S/C24H15ClF6N4O/c1-13-20(21-18(6-4-8-32-21)22(36)17-5-2-3-7-19(17)25)33-34-35(13)12-14-9-15(23(26,27)28)11-16(10-14)24(29,30)31/h2-11H,12H2,1H3. The average molecular weight is 525 g/mol. The first-order valence-corrected chi connectivity index (χ1v) is 10.7. The second kappa shape index (κ2) is 9.38. The fourth-order valence-electron chi connectivity index (χ4n) is 3.58. The summed E-state index contributed by atoms with van der Waals surface area (Å²) in [5.41, 5.74) is -2.18. The van der Waals surface area contributed by atoms with E-state index in [0.29, 0.717) is 12.1 Å². The lowest BCUT2D eigenvalue weighted by atomic mass is 10.00. The Hall–Kier alpha value is -3.73. The third kappa shape index (κ3) is 5.11. The minimum atomic E-state index is -4.97. The molecule has 0 unspecified atom stereocenters. The number of rotatable bonds is 5. The van der Waals surface area contributed by atoms with Gasteiger partial charge in [-0.3, -0.25) is 9.78 Å². The topological polar surface area (TPSA) is 60.7 Å². The van der Waals surface area contributed by atoms with Gasteiger partial charge in [0.2, 0.25) is 0 Å². The summed E-state index contributed by atoms with van der Waals surface area (Å²) in [6, 6.07) is 10.8. The van der Waals surface area contributed by atoms with Crippen LogP contribution in [0.1, 0.15) is 38.3 Å². The fourth-order valence-corrected chi connectivity index (χ4v) is 3.80. The molecular formula is C24H15ClF6N4O. The summed E-state index contributed by atoms with van der Waals surface area (Å²) in [6.45, 7) is 1.10. The smallest absolute Gasteiger partial charge is 0.288 e. The van der Waals surface area contributed by atoms with Crippen molar-refractivity contribution in [3.05, 3.63) is 99.3 Å². The summed E-state index contributed by atoms with van der Waals surface area (Å²) >= 11 is 6.15. The molecule has 2 aromatic heterocycles. The van der Waals surface area contributed by atoms with Crippen molar-refractivity contribution in [2.75, 3.05) is 0 Å². The third-order valence-electron chi connectivity index (χ3n) is 5.36. The highest BCUT2D eigenvalue weighted by Gasteiger charge is 2.37. The van der Waals surface area contributed by atoms with Crippen molar-refractivity contribution in [2.45, 2.75) is 25.8 Å². The van der Waals surface area contributed by atoms with Gasteiger partial charge in [0.15, 0.2) is 5.78 Å². The Morgan fingerprint density at radius 1 is 0.889 bits per heavy atom. The van der Waals surface area contributed by atoms with Crippen molar-refractivity contribution in [3.8, 4) is 11.4 Å². The van der Waals surface area contributed by atoms with Crippen LogP contribution in [0.2, 0.25) is 5.02 Å². The number of alkyl halides is 6. The van der Waals surface area contributed by atoms with Crippen molar-refractivity contribution < 1.29 is 31.1 Å². The van der Waals surface area contributed by atoms with Crippen LogP contribution in [0, 0.1) is 6.92 Å². The summed E-state index contributed by atoms with van der Waals surface area (Å²) in [6.07, 6.45) is -8.53. The quantitative estimate of drug-likeness (QED) is 0.217. The third-order valence-corrected chi connectivity index (χ3v) is 5.69. The largest absolute Gasteiger partial charge is 0.416 e. The van der Waals surface area contributed by atoms with Crippen LogP contribution < -0.4 is 0 Å². The Labute approximate surface area is 205 Å². The minimum absolute atomic E-state index is 0.0591. The van der Waals surface area contributed by atoms with E-state index >= 15 is 0 Å². The fraction of sp³-hybridized carbons (Fsp3) is 0.167. The molecule has 0 atom stereocenters. The molecule has 0 aliphatic heterocycles. The lowest BCUT2D eigenvalue weighted by Gasteiger charge is -2.14.